The molecule has 0 aromatic heterocycles. The third-order valence-corrected chi connectivity index (χ3v) is 6.27. The third-order valence-electron chi connectivity index (χ3n) is 4.52. The summed E-state index contributed by atoms with van der Waals surface area (Å²) in [6.45, 7) is 3.40. The zero-order valence-corrected chi connectivity index (χ0v) is 13.9. The number of nitrogens with one attached hydrogen (secondary N) is 1. The molecule has 2 unspecified atom stereocenters. The first-order valence-corrected chi connectivity index (χ1v) is 9.55. The van der Waals surface area contributed by atoms with Gasteiger partial charge in [0.25, 0.3) is 0 Å². The Morgan fingerprint density at radius 1 is 1.29 bits per heavy atom. The molecule has 21 heavy (non-hydrogen) atoms. The van der Waals surface area contributed by atoms with E-state index in [1.54, 1.807) is 11.9 Å². The van der Waals surface area contributed by atoms with Crippen molar-refractivity contribution in [3.8, 4) is 0 Å². The summed E-state index contributed by atoms with van der Waals surface area (Å²) in [6.07, 6.45) is 2.98. The maximum absolute atomic E-state index is 12.3. The van der Waals surface area contributed by atoms with Gasteiger partial charge in [-0.3, -0.25) is 9.69 Å². The minimum absolute atomic E-state index is 0.0170. The molecule has 2 aliphatic heterocycles. The van der Waals surface area contributed by atoms with Gasteiger partial charge in [-0.2, -0.15) is 0 Å². The number of likely N-dealkylation sites (N-methyl/N-ethyl adjacent to an activating group) is 2. The average molecular weight is 317 g/mol. The minimum Gasteiger partial charge on any atom is -0.341 e. The predicted octanol–water partition coefficient (Wildman–Crippen LogP) is -0.437. The van der Waals surface area contributed by atoms with E-state index in [1.807, 2.05) is 7.05 Å². The van der Waals surface area contributed by atoms with E-state index >= 15 is 0 Å². The summed E-state index contributed by atoms with van der Waals surface area (Å²) in [7, 11) is 0.749. The van der Waals surface area contributed by atoms with E-state index in [0.29, 0.717) is 18.9 Å². The zero-order chi connectivity index (χ0) is 15.5. The van der Waals surface area contributed by atoms with Crippen molar-refractivity contribution in [2.75, 3.05) is 51.8 Å². The van der Waals surface area contributed by atoms with Crippen molar-refractivity contribution in [3.05, 3.63) is 0 Å². The summed E-state index contributed by atoms with van der Waals surface area (Å²) in [5, 5.41) is 3.38. The number of piperidine rings is 1. The van der Waals surface area contributed by atoms with Crippen LogP contribution < -0.4 is 5.32 Å². The van der Waals surface area contributed by atoms with Gasteiger partial charge in [-0.15, -0.1) is 0 Å². The molecule has 2 rings (SSSR count). The van der Waals surface area contributed by atoms with Crippen LogP contribution >= 0.6 is 0 Å². The second kappa shape index (κ2) is 7.07. The predicted molar refractivity (Wildman–Crippen MR) is 82.9 cm³/mol. The van der Waals surface area contributed by atoms with Gasteiger partial charge in [0.15, 0.2) is 9.84 Å². The van der Waals surface area contributed by atoms with Crippen LogP contribution in [-0.4, -0.2) is 81.9 Å². The lowest BCUT2D eigenvalue weighted by Gasteiger charge is -2.29. The highest BCUT2D eigenvalue weighted by atomic mass is 32.2. The van der Waals surface area contributed by atoms with Crippen LogP contribution in [0.25, 0.3) is 0 Å². The first kappa shape index (κ1) is 16.7. The zero-order valence-electron chi connectivity index (χ0n) is 13.0. The molecule has 0 radical (unpaired) electrons. The lowest BCUT2D eigenvalue weighted by molar-refractivity contribution is -0.132. The maximum Gasteiger partial charge on any atom is 0.236 e. The van der Waals surface area contributed by atoms with Crippen LogP contribution in [0.4, 0.5) is 0 Å². The fourth-order valence-corrected chi connectivity index (χ4v) is 4.99. The van der Waals surface area contributed by atoms with Gasteiger partial charge in [-0.05, 0) is 45.3 Å². The van der Waals surface area contributed by atoms with Crippen LogP contribution in [0, 0.1) is 5.92 Å². The second-order valence-electron chi connectivity index (χ2n) is 6.47. The fourth-order valence-electron chi connectivity index (χ4n) is 3.21. The Hall–Kier alpha value is -0.660. The van der Waals surface area contributed by atoms with Gasteiger partial charge in [-0.25, -0.2) is 8.42 Å². The standard InChI is InChI=1S/C14H27N3O3S/c1-16(9-12-4-3-6-15-8-12)10-14(18)17(2)13-5-7-21(19,20)11-13/h12-13,15H,3-11H2,1-2H3. The molecule has 2 aliphatic rings. The Morgan fingerprint density at radius 2 is 2.05 bits per heavy atom. The Kier molecular flexibility index (Phi) is 5.62. The Morgan fingerprint density at radius 3 is 2.62 bits per heavy atom. The molecule has 1 N–H and O–H groups in total. The van der Waals surface area contributed by atoms with Gasteiger partial charge < -0.3 is 10.2 Å². The number of hydrogen-bond donors (Lipinski definition) is 1. The molecule has 0 spiro atoms. The first-order valence-electron chi connectivity index (χ1n) is 7.73. The van der Waals surface area contributed by atoms with E-state index in [2.05, 4.69) is 10.2 Å². The monoisotopic (exact) mass is 317 g/mol. The molecule has 2 heterocycles. The van der Waals surface area contributed by atoms with Gasteiger partial charge in [0.1, 0.15) is 0 Å². The van der Waals surface area contributed by atoms with Crippen molar-refractivity contribution >= 4 is 15.7 Å². The first-order chi connectivity index (χ1) is 9.87. The summed E-state index contributed by atoms with van der Waals surface area (Å²) in [5.41, 5.74) is 0. The van der Waals surface area contributed by atoms with E-state index in [-0.39, 0.29) is 23.5 Å². The summed E-state index contributed by atoms with van der Waals surface area (Å²) in [4.78, 5) is 15.9. The van der Waals surface area contributed by atoms with Crippen molar-refractivity contribution in [3.63, 3.8) is 0 Å². The molecule has 2 saturated heterocycles. The molecule has 0 aliphatic carbocycles. The van der Waals surface area contributed by atoms with Gasteiger partial charge in [0.05, 0.1) is 18.1 Å². The molecule has 0 aromatic rings. The van der Waals surface area contributed by atoms with E-state index in [1.165, 1.54) is 12.8 Å². The van der Waals surface area contributed by atoms with Crippen LogP contribution in [0.5, 0.6) is 0 Å². The number of sulfone groups is 1. The Labute approximate surface area is 127 Å². The highest BCUT2D eigenvalue weighted by molar-refractivity contribution is 7.91. The Bertz CT molecular complexity index is 460. The minimum atomic E-state index is -2.94. The van der Waals surface area contributed by atoms with Crippen molar-refractivity contribution in [1.29, 1.82) is 0 Å². The molecule has 122 valence electrons. The van der Waals surface area contributed by atoms with E-state index < -0.39 is 9.84 Å². The SMILES string of the molecule is CN(CC(=O)N(C)C1CCS(=O)(=O)C1)CC1CCCNC1. The number of carbonyl (C=O) groups is 1. The molecule has 0 bridgehead atoms. The summed E-state index contributed by atoms with van der Waals surface area (Å²) in [6, 6.07) is -0.146. The third kappa shape index (κ3) is 4.93. The lowest BCUT2D eigenvalue weighted by atomic mass is 9.99. The fraction of sp³-hybridized carbons (Fsp3) is 0.929. The molecule has 2 fully saturated rings. The molecular weight excluding hydrogens is 290 g/mol. The summed E-state index contributed by atoms with van der Waals surface area (Å²) >= 11 is 0. The van der Waals surface area contributed by atoms with Crippen molar-refractivity contribution in [1.82, 2.24) is 15.1 Å². The van der Waals surface area contributed by atoms with Crippen LogP contribution in [0.3, 0.4) is 0 Å². The quantitative estimate of drug-likeness (QED) is 0.745. The van der Waals surface area contributed by atoms with Crippen molar-refractivity contribution in [2.24, 2.45) is 5.92 Å². The number of amides is 1. The lowest BCUT2D eigenvalue weighted by Crippen LogP contribution is -2.45. The topological polar surface area (TPSA) is 69.7 Å². The van der Waals surface area contributed by atoms with E-state index in [0.717, 1.165) is 19.6 Å². The summed E-state index contributed by atoms with van der Waals surface area (Å²) < 4.78 is 23.0. The second-order valence-corrected chi connectivity index (χ2v) is 8.70. The number of rotatable bonds is 5. The normalized spacial score (nSPS) is 28.7. The van der Waals surface area contributed by atoms with Gasteiger partial charge in [0.2, 0.25) is 5.91 Å². The number of carbonyl (C=O) groups excluding carboxylic acids is 1. The largest absolute Gasteiger partial charge is 0.341 e. The Balaban J connectivity index is 1.77. The highest BCUT2D eigenvalue weighted by Crippen LogP contribution is 2.17. The summed E-state index contributed by atoms with van der Waals surface area (Å²) in [5.74, 6) is 0.946. The van der Waals surface area contributed by atoms with Gasteiger partial charge >= 0.3 is 0 Å². The number of hydrogen-bond acceptors (Lipinski definition) is 5. The van der Waals surface area contributed by atoms with Crippen molar-refractivity contribution in [2.45, 2.75) is 25.3 Å². The van der Waals surface area contributed by atoms with Crippen LogP contribution in [0.1, 0.15) is 19.3 Å². The molecular formula is C14H27N3O3S. The molecule has 1 amide bonds. The van der Waals surface area contributed by atoms with Crippen molar-refractivity contribution < 1.29 is 13.2 Å². The van der Waals surface area contributed by atoms with Crippen LogP contribution in [0.2, 0.25) is 0 Å². The molecule has 7 heteroatoms. The molecule has 0 saturated carbocycles. The van der Waals surface area contributed by atoms with Gasteiger partial charge in [-0.1, -0.05) is 0 Å². The van der Waals surface area contributed by atoms with Crippen LogP contribution in [0.15, 0.2) is 0 Å². The molecule has 0 aromatic carbocycles. The smallest absolute Gasteiger partial charge is 0.236 e. The van der Waals surface area contributed by atoms with Crippen LogP contribution in [-0.2, 0) is 14.6 Å². The molecule has 2 atom stereocenters. The highest BCUT2D eigenvalue weighted by Gasteiger charge is 2.32. The van der Waals surface area contributed by atoms with E-state index in [9.17, 15) is 13.2 Å². The average Bonchev–Trinajstić information content (AvgIpc) is 2.79. The van der Waals surface area contributed by atoms with E-state index in [4.69, 9.17) is 0 Å². The maximum atomic E-state index is 12.3. The number of nitrogens with zero attached hydrogens (tertiary/aromatic N) is 2. The van der Waals surface area contributed by atoms with Gasteiger partial charge in [0, 0.05) is 19.6 Å². The molecule has 6 nitrogen and oxygen atoms in total.